The lowest BCUT2D eigenvalue weighted by molar-refractivity contribution is -0.244. The first-order valence-electron chi connectivity index (χ1n) is 7.40. The molecule has 2 aliphatic heterocycles. The minimum Gasteiger partial charge on any atom is -0.394 e. The Morgan fingerprint density at radius 1 is 1.20 bits per heavy atom. The third-order valence-electron chi connectivity index (χ3n) is 3.64. The molecule has 0 unspecified atom stereocenters. The normalized spacial score (nSPS) is 37.0. The molecule has 0 bridgehead atoms. The zero-order chi connectivity index (χ0) is 14.8. The van der Waals surface area contributed by atoms with Crippen molar-refractivity contribution in [3.63, 3.8) is 0 Å². The van der Waals surface area contributed by atoms with Gasteiger partial charge in [0, 0.05) is 6.61 Å². The van der Waals surface area contributed by atoms with E-state index in [0.717, 1.165) is 19.3 Å². The van der Waals surface area contributed by atoms with E-state index in [4.69, 9.17) is 24.1 Å². The van der Waals surface area contributed by atoms with Gasteiger partial charge in [0.25, 0.3) is 0 Å². The molecule has 2 saturated heterocycles. The van der Waals surface area contributed by atoms with Crippen LogP contribution in [0, 0.1) is 0 Å². The van der Waals surface area contributed by atoms with Gasteiger partial charge in [-0.15, -0.1) is 0 Å². The summed E-state index contributed by atoms with van der Waals surface area (Å²) in [4.78, 5) is 0. The first-order valence-corrected chi connectivity index (χ1v) is 7.40. The topological polar surface area (TPSA) is 77.4 Å². The zero-order valence-corrected chi connectivity index (χ0v) is 12.4. The average molecular weight is 290 g/mol. The summed E-state index contributed by atoms with van der Waals surface area (Å²) in [5, 5.41) is 18.9. The van der Waals surface area contributed by atoms with Crippen molar-refractivity contribution < 1.29 is 29.2 Å². The summed E-state index contributed by atoms with van der Waals surface area (Å²) in [6, 6.07) is 0. The maximum absolute atomic E-state index is 9.84. The fourth-order valence-electron chi connectivity index (χ4n) is 2.69. The molecule has 0 aliphatic carbocycles. The smallest absolute Gasteiger partial charge is 0.187 e. The summed E-state index contributed by atoms with van der Waals surface area (Å²) in [6.45, 7) is 5.99. The molecule has 0 saturated carbocycles. The summed E-state index contributed by atoms with van der Waals surface area (Å²) in [5.41, 5.74) is 0. The van der Waals surface area contributed by atoms with Crippen molar-refractivity contribution in [3.05, 3.63) is 0 Å². The number of fused-ring (bicyclic) bond motifs is 1. The second kappa shape index (κ2) is 6.68. The number of ether oxygens (including phenoxy) is 4. The number of unbranched alkanes of at least 4 members (excludes halogenated alkanes) is 2. The summed E-state index contributed by atoms with van der Waals surface area (Å²) in [7, 11) is 0. The first kappa shape index (κ1) is 16.1. The highest BCUT2D eigenvalue weighted by Crippen LogP contribution is 2.40. The molecule has 118 valence electrons. The van der Waals surface area contributed by atoms with E-state index in [1.807, 2.05) is 13.8 Å². The van der Waals surface area contributed by atoms with Crippen molar-refractivity contribution in [2.45, 2.75) is 76.5 Å². The van der Waals surface area contributed by atoms with Crippen LogP contribution in [0.25, 0.3) is 0 Å². The highest BCUT2D eigenvalue weighted by molar-refractivity contribution is 4.97. The lowest BCUT2D eigenvalue weighted by atomic mass is 10.1. The van der Waals surface area contributed by atoms with Gasteiger partial charge in [-0.05, 0) is 20.3 Å². The van der Waals surface area contributed by atoms with E-state index in [2.05, 4.69) is 6.92 Å². The number of hydrogen-bond acceptors (Lipinski definition) is 6. The molecule has 2 aliphatic rings. The Kier molecular flexibility index (Phi) is 5.39. The largest absolute Gasteiger partial charge is 0.394 e. The Bertz CT molecular complexity index is 308. The van der Waals surface area contributed by atoms with E-state index >= 15 is 0 Å². The maximum Gasteiger partial charge on any atom is 0.187 e. The fourth-order valence-corrected chi connectivity index (χ4v) is 2.69. The van der Waals surface area contributed by atoms with Gasteiger partial charge >= 0.3 is 0 Å². The van der Waals surface area contributed by atoms with Crippen LogP contribution >= 0.6 is 0 Å². The molecule has 0 aromatic carbocycles. The second-order valence-electron chi connectivity index (χ2n) is 5.86. The van der Waals surface area contributed by atoms with Crippen molar-refractivity contribution in [1.82, 2.24) is 0 Å². The van der Waals surface area contributed by atoms with Crippen LogP contribution in [0.15, 0.2) is 0 Å². The number of aliphatic hydroxyl groups excluding tert-OH is 2. The van der Waals surface area contributed by atoms with E-state index in [9.17, 15) is 5.11 Å². The van der Waals surface area contributed by atoms with Gasteiger partial charge in [-0.2, -0.15) is 0 Å². The van der Waals surface area contributed by atoms with Crippen molar-refractivity contribution in [2.75, 3.05) is 13.2 Å². The van der Waals surface area contributed by atoms with Crippen LogP contribution in [0.1, 0.15) is 40.0 Å². The molecule has 2 heterocycles. The zero-order valence-electron chi connectivity index (χ0n) is 12.4. The number of rotatable bonds is 7. The average Bonchev–Trinajstić information content (AvgIpc) is 2.88. The van der Waals surface area contributed by atoms with Gasteiger partial charge in [0.15, 0.2) is 12.1 Å². The van der Waals surface area contributed by atoms with Crippen LogP contribution in [0.2, 0.25) is 0 Å². The van der Waals surface area contributed by atoms with E-state index in [-0.39, 0.29) is 12.7 Å². The van der Waals surface area contributed by atoms with Crippen LogP contribution in [-0.2, 0) is 18.9 Å². The number of hydrogen-bond donors (Lipinski definition) is 2. The predicted molar refractivity (Wildman–Crippen MR) is 71.1 cm³/mol. The Hall–Kier alpha value is -0.240. The molecule has 0 aromatic heterocycles. The van der Waals surface area contributed by atoms with Crippen LogP contribution in [0.5, 0.6) is 0 Å². The number of aliphatic hydroxyl groups is 2. The van der Waals surface area contributed by atoms with Gasteiger partial charge in [0.1, 0.15) is 24.4 Å². The van der Waals surface area contributed by atoms with Crippen molar-refractivity contribution in [3.8, 4) is 0 Å². The third-order valence-corrected chi connectivity index (χ3v) is 3.64. The third kappa shape index (κ3) is 3.50. The summed E-state index contributed by atoms with van der Waals surface area (Å²) < 4.78 is 23.0. The van der Waals surface area contributed by atoms with Gasteiger partial charge in [-0.25, -0.2) is 0 Å². The van der Waals surface area contributed by atoms with Gasteiger partial charge in [-0.1, -0.05) is 19.8 Å². The quantitative estimate of drug-likeness (QED) is 0.675. The van der Waals surface area contributed by atoms with Crippen LogP contribution < -0.4 is 0 Å². The Labute approximate surface area is 120 Å². The molecular formula is C14H26O6. The molecule has 20 heavy (non-hydrogen) atoms. The van der Waals surface area contributed by atoms with Crippen LogP contribution in [-0.4, -0.2) is 59.9 Å². The molecule has 0 spiro atoms. The molecule has 2 N–H and O–H groups in total. The fraction of sp³-hybridized carbons (Fsp3) is 1.00. The van der Waals surface area contributed by atoms with E-state index in [0.29, 0.717) is 6.61 Å². The molecule has 0 amide bonds. The van der Waals surface area contributed by atoms with Crippen molar-refractivity contribution >= 4 is 0 Å². The monoisotopic (exact) mass is 290 g/mol. The molecule has 5 atom stereocenters. The van der Waals surface area contributed by atoms with Crippen LogP contribution in [0.4, 0.5) is 0 Å². The minimum absolute atomic E-state index is 0.363. The Balaban J connectivity index is 1.96. The SMILES string of the molecule is CCCCCO[C@H]1O[C@H]([C@H](O)CO)[C@@H]2OC(C)(C)O[C@H]12. The van der Waals surface area contributed by atoms with E-state index in [1.165, 1.54) is 0 Å². The van der Waals surface area contributed by atoms with E-state index in [1.54, 1.807) is 0 Å². The van der Waals surface area contributed by atoms with Gasteiger partial charge in [0.05, 0.1) is 6.61 Å². The van der Waals surface area contributed by atoms with E-state index < -0.39 is 30.4 Å². The van der Waals surface area contributed by atoms with Crippen molar-refractivity contribution in [2.24, 2.45) is 0 Å². The molecule has 6 nitrogen and oxygen atoms in total. The van der Waals surface area contributed by atoms with Gasteiger partial charge in [0.2, 0.25) is 0 Å². The summed E-state index contributed by atoms with van der Waals surface area (Å²) in [5.74, 6) is -0.725. The Morgan fingerprint density at radius 2 is 1.90 bits per heavy atom. The Morgan fingerprint density at radius 3 is 2.55 bits per heavy atom. The summed E-state index contributed by atoms with van der Waals surface area (Å²) in [6.07, 6.45) is 0.245. The molecular weight excluding hydrogens is 264 g/mol. The summed E-state index contributed by atoms with van der Waals surface area (Å²) >= 11 is 0. The molecule has 2 fully saturated rings. The molecule has 2 rings (SSSR count). The maximum atomic E-state index is 9.84. The highest BCUT2D eigenvalue weighted by atomic mass is 16.8. The first-order chi connectivity index (χ1) is 9.48. The lowest BCUT2D eigenvalue weighted by Crippen LogP contribution is -2.40. The molecule has 6 heteroatoms. The van der Waals surface area contributed by atoms with Crippen LogP contribution in [0.3, 0.4) is 0 Å². The minimum atomic E-state index is -0.996. The molecule has 0 radical (unpaired) electrons. The molecule has 0 aromatic rings. The lowest BCUT2D eigenvalue weighted by Gasteiger charge is -2.25. The highest BCUT2D eigenvalue weighted by Gasteiger charge is 2.57. The second-order valence-corrected chi connectivity index (χ2v) is 5.86. The standard InChI is InChI=1S/C14H26O6/c1-4-5-6-7-17-13-12-11(19-14(2,3)20-12)10(18-13)9(16)8-15/h9-13,15-16H,4-8H2,1-3H3/t9-,10-,11+,12+,13+/m1/s1. The predicted octanol–water partition coefficient (Wildman–Crippen LogP) is 0.791. The van der Waals surface area contributed by atoms with Gasteiger partial charge in [-0.3, -0.25) is 0 Å². The van der Waals surface area contributed by atoms with Crippen molar-refractivity contribution in [1.29, 1.82) is 0 Å². The van der Waals surface area contributed by atoms with Gasteiger partial charge < -0.3 is 29.2 Å².